The van der Waals surface area contributed by atoms with Gasteiger partial charge in [-0.1, -0.05) is 250 Å². The van der Waals surface area contributed by atoms with Gasteiger partial charge in [-0.25, -0.2) is 0 Å². The maximum absolute atomic E-state index is 8.58. The lowest BCUT2D eigenvalue weighted by molar-refractivity contribution is 0.426. The van der Waals surface area contributed by atoms with Gasteiger partial charge in [0.25, 0.3) is 0 Å². The number of halogens is 5. The average Bonchev–Trinajstić information content (AvgIpc) is 3.33. The first-order valence-corrected chi connectivity index (χ1v) is 24.6. The van der Waals surface area contributed by atoms with E-state index in [2.05, 4.69) is 243 Å². The average molecular weight is 1150 g/mol. The summed E-state index contributed by atoms with van der Waals surface area (Å²) in [5, 5.41) is 32.5. The van der Waals surface area contributed by atoms with Crippen LogP contribution in [0.1, 0.15) is 0 Å². The normalized spacial score (nSPS) is 11.4. The second kappa shape index (κ2) is 18.2. The molecule has 64 heavy (non-hydrogen) atoms. The zero-order valence-electron chi connectivity index (χ0n) is 33.8. The van der Waals surface area contributed by atoms with Crippen LogP contribution >= 0.6 is 79.6 Å². The van der Waals surface area contributed by atoms with Crippen molar-refractivity contribution in [2.24, 2.45) is 0 Å². The summed E-state index contributed by atoms with van der Waals surface area (Å²) in [6, 6.07) is 67.7. The molecule has 0 aliphatic heterocycles. The van der Waals surface area contributed by atoms with Gasteiger partial charge in [0.15, 0.2) is 0 Å². The van der Waals surface area contributed by atoms with Crippen LogP contribution in [0.15, 0.2) is 216 Å². The Kier molecular flexibility index (Phi) is 12.2. The Morgan fingerprint density at radius 1 is 0.266 bits per heavy atom. The van der Waals surface area contributed by atoms with Crippen LogP contribution in [0, 0.1) is 0 Å². The molecule has 2 N–H and O–H groups in total. The zero-order valence-corrected chi connectivity index (χ0v) is 41.8. The number of hydrogen-bond acceptors (Lipinski definition) is 2. The van der Waals surface area contributed by atoms with E-state index in [1.807, 2.05) is 6.07 Å². The maximum Gasteiger partial charge on any atom is 0.488 e. The van der Waals surface area contributed by atoms with E-state index in [1.54, 1.807) is 24.3 Å². The Hall–Kier alpha value is -4.90. The Bertz CT molecular complexity index is 3410. The highest BCUT2D eigenvalue weighted by molar-refractivity contribution is 9.11. The fraction of sp³-hybridized carbons (Fsp3) is 0. The SMILES string of the molecule is Brc1cc(-c2ccccc2)c2ccc3c(-c4ccccc4)cc(-c4ccccc4)c4ccc1c2c43.Brc1cc(Br)c2ccc3c(Br)cc(Br)c4ccc1c2c43.OB(O)c1ccccc1. The van der Waals surface area contributed by atoms with Gasteiger partial charge in [-0.2, -0.15) is 0 Å². The highest BCUT2D eigenvalue weighted by Gasteiger charge is 2.20. The molecule has 12 aromatic rings. The van der Waals surface area contributed by atoms with Gasteiger partial charge in [0.1, 0.15) is 0 Å². The van der Waals surface area contributed by atoms with Crippen LogP contribution in [0.5, 0.6) is 0 Å². The molecule has 0 aromatic heterocycles. The quantitative estimate of drug-likeness (QED) is 0.136. The molecule has 0 aliphatic carbocycles. The van der Waals surface area contributed by atoms with Crippen LogP contribution in [0.4, 0.5) is 0 Å². The molecule has 12 rings (SSSR count). The lowest BCUT2D eigenvalue weighted by Gasteiger charge is -2.20. The predicted molar refractivity (Wildman–Crippen MR) is 291 cm³/mol. The molecule has 0 radical (unpaired) electrons. The molecule has 0 atom stereocenters. The molecular weight excluding hydrogens is 1110 g/mol. The Balaban J connectivity index is 0.000000139. The van der Waals surface area contributed by atoms with Gasteiger partial charge in [0, 0.05) is 22.4 Å². The Morgan fingerprint density at radius 3 is 0.828 bits per heavy atom. The van der Waals surface area contributed by atoms with Crippen molar-refractivity contribution in [3.8, 4) is 33.4 Å². The van der Waals surface area contributed by atoms with Crippen LogP contribution in [-0.2, 0) is 0 Å². The van der Waals surface area contributed by atoms with E-state index in [0.29, 0.717) is 5.46 Å². The fourth-order valence-corrected chi connectivity index (χ4v) is 12.4. The summed E-state index contributed by atoms with van der Waals surface area (Å²) in [5.74, 6) is 0. The van der Waals surface area contributed by atoms with E-state index in [9.17, 15) is 0 Å². The van der Waals surface area contributed by atoms with Crippen molar-refractivity contribution in [3.05, 3.63) is 216 Å². The summed E-state index contributed by atoms with van der Waals surface area (Å²) in [4.78, 5) is 0. The van der Waals surface area contributed by atoms with Crippen LogP contribution in [0.25, 0.3) is 98.0 Å². The summed E-state index contributed by atoms with van der Waals surface area (Å²) >= 11 is 18.6. The highest BCUT2D eigenvalue weighted by Crippen LogP contribution is 2.48. The largest absolute Gasteiger partial charge is 0.488 e. The van der Waals surface area contributed by atoms with Crippen molar-refractivity contribution in [1.82, 2.24) is 0 Å². The zero-order chi connectivity index (χ0) is 44.1. The molecule has 0 amide bonds. The minimum Gasteiger partial charge on any atom is -0.423 e. The first-order valence-electron chi connectivity index (χ1n) is 20.6. The molecule has 0 spiro atoms. The van der Waals surface area contributed by atoms with Crippen molar-refractivity contribution >= 4 is 157 Å². The molecule has 0 aliphatic rings. The van der Waals surface area contributed by atoms with E-state index in [1.165, 1.54) is 98.0 Å². The van der Waals surface area contributed by atoms with Gasteiger partial charge in [0.2, 0.25) is 0 Å². The summed E-state index contributed by atoms with van der Waals surface area (Å²) < 4.78 is 5.58. The fourth-order valence-electron chi connectivity index (χ4n) is 8.97. The predicted octanol–water partition coefficient (Wildman–Crippen LogP) is 17.3. The lowest BCUT2D eigenvalue weighted by Crippen LogP contribution is -2.29. The molecule has 0 saturated carbocycles. The second-order valence-electron chi connectivity index (χ2n) is 15.6. The van der Waals surface area contributed by atoms with E-state index < -0.39 is 7.12 Å². The molecule has 308 valence electrons. The van der Waals surface area contributed by atoms with Gasteiger partial charge in [-0.3, -0.25) is 0 Å². The Morgan fingerprint density at radius 2 is 0.516 bits per heavy atom. The van der Waals surface area contributed by atoms with E-state index in [0.717, 1.165) is 22.4 Å². The van der Waals surface area contributed by atoms with Crippen molar-refractivity contribution in [3.63, 3.8) is 0 Å². The second-order valence-corrected chi connectivity index (χ2v) is 19.9. The Labute approximate surface area is 413 Å². The topological polar surface area (TPSA) is 40.5 Å². The lowest BCUT2D eigenvalue weighted by atomic mass is 9.81. The van der Waals surface area contributed by atoms with Crippen molar-refractivity contribution in [2.75, 3.05) is 0 Å². The molecule has 0 saturated heterocycles. The molecule has 2 nitrogen and oxygen atoms in total. The van der Waals surface area contributed by atoms with E-state index in [4.69, 9.17) is 10.0 Å². The summed E-state index contributed by atoms with van der Waals surface area (Å²) in [6.45, 7) is 0. The van der Waals surface area contributed by atoms with Gasteiger partial charge in [0.05, 0.1) is 0 Å². The molecule has 8 heteroatoms. The van der Waals surface area contributed by atoms with Crippen LogP contribution < -0.4 is 5.46 Å². The smallest absolute Gasteiger partial charge is 0.423 e. The monoisotopic (exact) mass is 1140 g/mol. The maximum atomic E-state index is 8.58. The summed E-state index contributed by atoms with van der Waals surface area (Å²) in [6.07, 6.45) is 0. The van der Waals surface area contributed by atoms with Crippen LogP contribution in [0.3, 0.4) is 0 Å². The van der Waals surface area contributed by atoms with E-state index >= 15 is 0 Å². The summed E-state index contributed by atoms with van der Waals surface area (Å²) in [5.41, 5.74) is 8.04. The molecule has 12 aromatic carbocycles. The standard InChI is InChI=1S/C34H21Br.C16H6Br4.C6H7BO2/c35-32-21-31(24-14-8-3-9-15-24)27-17-16-25-29(22-10-4-1-5-11-22)20-30(23-12-6-2-7-13-23)26-18-19-28(32)34(27)33(25)26;17-11-5-13(19)9-3-4-10-14(20)6-12(18)8-2-1-7(11)15(9)16(8)10;8-7(9)6-4-2-1-3-5-6/h1-21H;1-6H;1-5,8-9H. The van der Waals surface area contributed by atoms with E-state index in [-0.39, 0.29) is 0 Å². The summed E-state index contributed by atoms with van der Waals surface area (Å²) in [7, 11) is -1.34. The highest BCUT2D eigenvalue weighted by atomic mass is 79.9. The van der Waals surface area contributed by atoms with Crippen molar-refractivity contribution < 1.29 is 10.0 Å². The number of hydrogen-bond donors (Lipinski definition) is 2. The molecular formula is C56H34BBr5O2. The first kappa shape index (κ1) is 43.0. The third-order valence-corrected chi connectivity index (χ3v) is 15.2. The molecule has 0 fully saturated rings. The third-order valence-electron chi connectivity index (χ3n) is 11.9. The van der Waals surface area contributed by atoms with Crippen LogP contribution in [-0.4, -0.2) is 17.2 Å². The van der Waals surface area contributed by atoms with Gasteiger partial charge >= 0.3 is 7.12 Å². The molecule has 0 bridgehead atoms. The minimum atomic E-state index is -1.34. The number of benzene rings is 12. The molecule has 0 heterocycles. The van der Waals surface area contributed by atoms with Gasteiger partial charge in [-0.05, 0) is 128 Å². The van der Waals surface area contributed by atoms with Crippen molar-refractivity contribution in [1.29, 1.82) is 0 Å². The molecule has 0 unspecified atom stereocenters. The minimum absolute atomic E-state index is 0.525. The van der Waals surface area contributed by atoms with Crippen LogP contribution in [0.2, 0.25) is 0 Å². The number of rotatable bonds is 4. The van der Waals surface area contributed by atoms with Crippen molar-refractivity contribution in [2.45, 2.75) is 0 Å². The van der Waals surface area contributed by atoms with Gasteiger partial charge < -0.3 is 10.0 Å². The third kappa shape index (κ3) is 7.87. The van der Waals surface area contributed by atoms with Gasteiger partial charge in [-0.15, -0.1) is 0 Å². The first-order chi connectivity index (χ1) is 31.2.